The minimum Gasteiger partial charge on any atom is -0.289 e. The van der Waals surface area contributed by atoms with E-state index in [4.69, 9.17) is 23.2 Å². The van der Waals surface area contributed by atoms with Crippen LogP contribution in [0.3, 0.4) is 0 Å². The van der Waals surface area contributed by atoms with Crippen molar-refractivity contribution in [1.82, 2.24) is 4.98 Å². The molecule has 2 rings (SSSR count). The topological polar surface area (TPSA) is 50.3 Å². The number of nitrogens with zero attached hydrogens (tertiary/aromatic N) is 2. The smallest absolute Gasteiger partial charge is 0.225 e. The maximum absolute atomic E-state index is 13.5. The van der Waals surface area contributed by atoms with Gasteiger partial charge in [0.2, 0.25) is 5.91 Å². The second-order valence-electron chi connectivity index (χ2n) is 4.76. The van der Waals surface area contributed by atoms with E-state index in [1.165, 1.54) is 41.4 Å². The molecule has 1 heterocycles. The monoisotopic (exact) mass is 386 g/mol. The van der Waals surface area contributed by atoms with E-state index in [1.54, 1.807) is 5.38 Å². The predicted octanol–water partition coefficient (Wildman–Crippen LogP) is 4.86. The number of ketones is 1. The Morgan fingerprint density at radius 3 is 2.67 bits per heavy atom. The zero-order chi connectivity index (χ0) is 17.9. The number of anilines is 1. The van der Waals surface area contributed by atoms with Gasteiger partial charge in [0.05, 0.1) is 15.7 Å². The average Bonchev–Trinajstić information content (AvgIpc) is 2.97. The fourth-order valence-electron chi connectivity index (χ4n) is 1.93. The zero-order valence-electron chi connectivity index (χ0n) is 12.8. The van der Waals surface area contributed by atoms with Crippen molar-refractivity contribution in [3.8, 4) is 0 Å². The van der Waals surface area contributed by atoms with Gasteiger partial charge < -0.3 is 0 Å². The van der Waals surface area contributed by atoms with Crippen LogP contribution in [0.1, 0.15) is 29.9 Å². The van der Waals surface area contributed by atoms with Gasteiger partial charge in [0.15, 0.2) is 10.9 Å². The summed E-state index contributed by atoms with van der Waals surface area (Å²) in [5.74, 6) is -1.29. The molecule has 1 aromatic carbocycles. The lowest BCUT2D eigenvalue weighted by Gasteiger charge is -2.14. The minimum atomic E-state index is -0.714. The number of thiazole rings is 1. The summed E-state index contributed by atoms with van der Waals surface area (Å²) in [6.07, 6.45) is 2.73. The summed E-state index contributed by atoms with van der Waals surface area (Å²) < 4.78 is 13.5. The van der Waals surface area contributed by atoms with Crippen molar-refractivity contribution in [2.45, 2.75) is 13.8 Å². The second kappa shape index (κ2) is 7.88. The van der Waals surface area contributed by atoms with Gasteiger partial charge in [0.25, 0.3) is 0 Å². The first-order valence-corrected chi connectivity index (χ1v) is 8.57. The Bertz CT molecular complexity index is 820. The maximum atomic E-state index is 13.5. The van der Waals surface area contributed by atoms with Crippen LogP contribution in [0.2, 0.25) is 10.0 Å². The Morgan fingerprint density at radius 2 is 2.04 bits per heavy atom. The minimum absolute atomic E-state index is 0.0178. The molecule has 0 spiro atoms. The van der Waals surface area contributed by atoms with Crippen LogP contribution in [0, 0.1) is 5.82 Å². The first-order valence-electron chi connectivity index (χ1n) is 6.94. The highest BCUT2D eigenvalue weighted by atomic mass is 35.5. The number of aromatic nitrogens is 1. The van der Waals surface area contributed by atoms with Crippen LogP contribution in [0.5, 0.6) is 0 Å². The lowest BCUT2D eigenvalue weighted by molar-refractivity contribution is -0.116. The summed E-state index contributed by atoms with van der Waals surface area (Å²) in [6, 6.07) is 2.19. The number of rotatable bonds is 5. The Labute approximate surface area is 152 Å². The molecule has 0 unspecified atom stereocenters. The number of carbonyl (C=O) groups excluding carboxylic acids is 2. The Balaban J connectivity index is 2.20. The van der Waals surface area contributed by atoms with Crippen LogP contribution >= 0.6 is 34.5 Å². The first kappa shape index (κ1) is 18.6. The largest absolute Gasteiger partial charge is 0.289 e. The molecular weight excluding hydrogens is 374 g/mol. The van der Waals surface area contributed by atoms with E-state index in [9.17, 15) is 14.0 Å². The number of hydrogen-bond acceptors (Lipinski definition) is 4. The summed E-state index contributed by atoms with van der Waals surface area (Å²) >= 11 is 12.8. The molecule has 0 bridgehead atoms. The predicted molar refractivity (Wildman–Crippen MR) is 95.6 cm³/mol. The first-order chi connectivity index (χ1) is 11.3. The van der Waals surface area contributed by atoms with Crippen LogP contribution in [0.4, 0.5) is 9.52 Å². The van der Waals surface area contributed by atoms with Crippen molar-refractivity contribution >= 4 is 57.4 Å². The molecule has 2 aromatic rings. The van der Waals surface area contributed by atoms with Crippen LogP contribution in [0.25, 0.3) is 6.08 Å². The van der Waals surface area contributed by atoms with Crippen LogP contribution in [0.15, 0.2) is 23.6 Å². The third kappa shape index (κ3) is 4.20. The van der Waals surface area contributed by atoms with Gasteiger partial charge in [-0.1, -0.05) is 23.2 Å². The van der Waals surface area contributed by atoms with Gasteiger partial charge in [-0.05, 0) is 31.2 Å². The maximum Gasteiger partial charge on any atom is 0.225 e. The highest BCUT2D eigenvalue weighted by Gasteiger charge is 2.14. The van der Waals surface area contributed by atoms with E-state index in [2.05, 4.69) is 4.98 Å². The highest BCUT2D eigenvalue weighted by molar-refractivity contribution is 7.14. The summed E-state index contributed by atoms with van der Waals surface area (Å²) in [7, 11) is 0. The van der Waals surface area contributed by atoms with Crippen molar-refractivity contribution in [2.24, 2.45) is 0 Å². The zero-order valence-corrected chi connectivity index (χ0v) is 15.2. The summed E-state index contributed by atoms with van der Waals surface area (Å²) in [5.41, 5.74) is 0.540. The molecule has 126 valence electrons. The molecule has 0 aliphatic heterocycles. The van der Waals surface area contributed by atoms with Crippen LogP contribution in [-0.2, 0) is 4.79 Å². The van der Waals surface area contributed by atoms with E-state index in [-0.39, 0.29) is 21.5 Å². The molecule has 0 aliphatic rings. The number of amides is 1. The standard InChI is InChI=1S/C16H13Cl2FN2O2S/c1-3-21(9(2)22)16-20-10(8-24-16)4-5-15(23)11-6-14(19)13(18)7-12(11)17/h4-8H,3H2,1-2H3. The summed E-state index contributed by atoms with van der Waals surface area (Å²) in [5, 5.41) is 2.19. The molecule has 1 aromatic heterocycles. The van der Waals surface area contributed by atoms with E-state index in [0.29, 0.717) is 17.4 Å². The van der Waals surface area contributed by atoms with Gasteiger partial charge in [-0.2, -0.15) is 0 Å². The molecule has 24 heavy (non-hydrogen) atoms. The lowest BCUT2D eigenvalue weighted by atomic mass is 10.1. The van der Waals surface area contributed by atoms with Gasteiger partial charge in [-0.3, -0.25) is 14.5 Å². The molecule has 0 radical (unpaired) electrons. The van der Waals surface area contributed by atoms with Gasteiger partial charge in [0.1, 0.15) is 5.82 Å². The van der Waals surface area contributed by atoms with E-state index < -0.39 is 11.6 Å². The normalized spacial score (nSPS) is 11.0. The van der Waals surface area contributed by atoms with Crippen molar-refractivity contribution in [3.05, 3.63) is 50.7 Å². The molecule has 8 heteroatoms. The van der Waals surface area contributed by atoms with E-state index in [0.717, 1.165) is 6.07 Å². The fourth-order valence-corrected chi connectivity index (χ4v) is 3.31. The molecule has 1 amide bonds. The van der Waals surface area contributed by atoms with Crippen molar-refractivity contribution in [1.29, 1.82) is 0 Å². The molecule has 0 atom stereocenters. The molecular formula is C16H13Cl2FN2O2S. The summed E-state index contributed by atoms with van der Waals surface area (Å²) in [4.78, 5) is 29.4. The molecule has 0 saturated carbocycles. The van der Waals surface area contributed by atoms with E-state index in [1.807, 2.05) is 6.92 Å². The molecule has 0 N–H and O–H groups in total. The number of hydrogen-bond donors (Lipinski definition) is 0. The third-order valence-corrected chi connectivity index (χ3v) is 4.60. The van der Waals surface area contributed by atoms with Gasteiger partial charge >= 0.3 is 0 Å². The van der Waals surface area contributed by atoms with Gasteiger partial charge in [-0.15, -0.1) is 11.3 Å². The molecule has 0 fully saturated rings. The van der Waals surface area contributed by atoms with E-state index >= 15 is 0 Å². The Hall–Kier alpha value is -1.76. The number of allylic oxidation sites excluding steroid dienone is 1. The van der Waals surface area contributed by atoms with Gasteiger partial charge in [0, 0.05) is 24.4 Å². The highest BCUT2D eigenvalue weighted by Crippen LogP contribution is 2.25. The fraction of sp³-hybridized carbons (Fsp3) is 0.188. The lowest BCUT2D eigenvalue weighted by Crippen LogP contribution is -2.27. The quantitative estimate of drug-likeness (QED) is 0.418. The van der Waals surface area contributed by atoms with Crippen molar-refractivity contribution in [2.75, 3.05) is 11.4 Å². The molecule has 4 nitrogen and oxygen atoms in total. The van der Waals surface area contributed by atoms with Crippen molar-refractivity contribution < 1.29 is 14.0 Å². The molecule has 0 saturated heterocycles. The van der Waals surface area contributed by atoms with Crippen molar-refractivity contribution in [3.63, 3.8) is 0 Å². The number of benzene rings is 1. The SMILES string of the molecule is CCN(C(C)=O)c1nc(C=CC(=O)c2cc(F)c(Cl)cc2Cl)cs1. The van der Waals surface area contributed by atoms with Crippen LogP contribution in [-0.4, -0.2) is 23.2 Å². The average molecular weight is 387 g/mol. The van der Waals surface area contributed by atoms with Crippen LogP contribution < -0.4 is 4.90 Å². The molecule has 0 aliphatic carbocycles. The number of carbonyl (C=O) groups is 2. The Morgan fingerprint density at radius 1 is 1.33 bits per heavy atom. The summed E-state index contributed by atoms with van der Waals surface area (Å²) in [6.45, 7) is 3.81. The van der Waals surface area contributed by atoms with Gasteiger partial charge in [-0.25, -0.2) is 9.37 Å². The number of halogens is 3. The third-order valence-electron chi connectivity index (χ3n) is 3.12. The second-order valence-corrected chi connectivity index (χ2v) is 6.41. The Kier molecular flexibility index (Phi) is 6.10.